The molecule has 0 saturated carbocycles. The number of hydrogen-bond donors (Lipinski definition) is 1. The zero-order valence-corrected chi connectivity index (χ0v) is 8.98. The molecule has 0 unspecified atom stereocenters. The lowest BCUT2D eigenvalue weighted by Crippen LogP contribution is -2.22. The Morgan fingerprint density at radius 2 is 2.40 bits per heavy atom. The van der Waals surface area contributed by atoms with Gasteiger partial charge in [-0.1, -0.05) is 6.07 Å². The molecule has 0 spiro atoms. The summed E-state index contributed by atoms with van der Waals surface area (Å²) in [5.74, 6) is 0. The highest BCUT2D eigenvalue weighted by molar-refractivity contribution is 5.30. The topological polar surface area (TPSA) is 65.9 Å². The van der Waals surface area contributed by atoms with Crippen LogP contribution in [0.4, 0.5) is 0 Å². The van der Waals surface area contributed by atoms with E-state index in [1.807, 2.05) is 19.2 Å². The normalized spacial score (nSPS) is 10.3. The van der Waals surface area contributed by atoms with E-state index in [2.05, 4.69) is 16.0 Å². The predicted molar refractivity (Wildman–Crippen MR) is 59.0 cm³/mol. The molecule has 1 rings (SSSR count). The minimum atomic E-state index is 0.511. The summed E-state index contributed by atoms with van der Waals surface area (Å²) in [6.45, 7) is 2.38. The number of nitrogens with two attached hydrogens (primary N) is 1. The van der Waals surface area contributed by atoms with E-state index in [1.165, 1.54) is 0 Å². The standard InChI is InChI=1S/C11H16N4/c1-15(7-3-5-12)9-10-4-2-6-14-11(10)8-13/h2,4,6H,3,5,7,9,12H2,1H3. The zero-order valence-electron chi connectivity index (χ0n) is 8.98. The van der Waals surface area contributed by atoms with Crippen LogP contribution in [0.5, 0.6) is 0 Å². The third-order valence-electron chi connectivity index (χ3n) is 2.18. The SMILES string of the molecule is CN(CCCN)Cc1cccnc1C#N. The summed E-state index contributed by atoms with van der Waals surface area (Å²) in [4.78, 5) is 6.16. The summed E-state index contributed by atoms with van der Waals surface area (Å²) in [6.07, 6.45) is 2.61. The summed E-state index contributed by atoms with van der Waals surface area (Å²) >= 11 is 0. The van der Waals surface area contributed by atoms with Gasteiger partial charge in [0.1, 0.15) is 11.8 Å². The molecule has 0 aliphatic carbocycles. The molecule has 0 saturated heterocycles. The molecule has 4 heteroatoms. The Morgan fingerprint density at radius 3 is 3.07 bits per heavy atom. The second-order valence-electron chi connectivity index (χ2n) is 3.50. The zero-order chi connectivity index (χ0) is 11.1. The Bertz CT molecular complexity index is 343. The highest BCUT2D eigenvalue weighted by atomic mass is 15.1. The molecule has 15 heavy (non-hydrogen) atoms. The molecule has 0 atom stereocenters. The van der Waals surface area contributed by atoms with Crippen LogP contribution >= 0.6 is 0 Å². The van der Waals surface area contributed by atoms with Gasteiger partial charge in [0.15, 0.2) is 0 Å². The number of nitriles is 1. The molecule has 0 fully saturated rings. The fourth-order valence-electron chi connectivity index (χ4n) is 1.40. The highest BCUT2D eigenvalue weighted by Gasteiger charge is 2.05. The molecule has 0 amide bonds. The lowest BCUT2D eigenvalue weighted by atomic mass is 10.2. The van der Waals surface area contributed by atoms with E-state index in [4.69, 9.17) is 11.0 Å². The maximum Gasteiger partial charge on any atom is 0.144 e. The third kappa shape index (κ3) is 3.66. The molecule has 0 aromatic carbocycles. The van der Waals surface area contributed by atoms with Crippen molar-refractivity contribution in [2.45, 2.75) is 13.0 Å². The molecule has 0 radical (unpaired) electrons. The lowest BCUT2D eigenvalue weighted by Gasteiger charge is -2.16. The predicted octanol–water partition coefficient (Wildman–Crippen LogP) is 0.734. The van der Waals surface area contributed by atoms with Gasteiger partial charge in [0, 0.05) is 18.3 Å². The van der Waals surface area contributed by atoms with Crippen LogP contribution in [0, 0.1) is 11.3 Å². The summed E-state index contributed by atoms with van der Waals surface area (Å²) in [5.41, 5.74) is 6.92. The fourth-order valence-corrected chi connectivity index (χ4v) is 1.40. The fraction of sp³-hybridized carbons (Fsp3) is 0.455. The molecule has 80 valence electrons. The van der Waals surface area contributed by atoms with E-state index in [0.29, 0.717) is 12.2 Å². The Kier molecular flexibility index (Phi) is 4.75. The smallest absolute Gasteiger partial charge is 0.144 e. The largest absolute Gasteiger partial charge is 0.330 e. The van der Waals surface area contributed by atoms with E-state index in [0.717, 1.165) is 25.1 Å². The molecule has 1 heterocycles. The van der Waals surface area contributed by atoms with E-state index in [9.17, 15) is 0 Å². The Hall–Kier alpha value is -1.44. The summed E-state index contributed by atoms with van der Waals surface area (Å²) in [7, 11) is 2.02. The summed E-state index contributed by atoms with van der Waals surface area (Å²) in [6, 6.07) is 5.88. The van der Waals surface area contributed by atoms with Crippen LogP contribution in [-0.4, -0.2) is 30.0 Å². The van der Waals surface area contributed by atoms with Crippen molar-refractivity contribution < 1.29 is 0 Å². The van der Waals surface area contributed by atoms with Crippen LogP contribution in [0.2, 0.25) is 0 Å². The van der Waals surface area contributed by atoms with Crippen LogP contribution < -0.4 is 5.73 Å². The quantitative estimate of drug-likeness (QED) is 0.768. The first-order chi connectivity index (χ1) is 7.27. The first-order valence-corrected chi connectivity index (χ1v) is 5.00. The van der Waals surface area contributed by atoms with Crippen LogP contribution in [0.15, 0.2) is 18.3 Å². The minimum Gasteiger partial charge on any atom is -0.330 e. The summed E-state index contributed by atoms with van der Waals surface area (Å²) < 4.78 is 0. The average molecular weight is 204 g/mol. The van der Waals surface area contributed by atoms with Crippen LogP contribution in [0.1, 0.15) is 17.7 Å². The van der Waals surface area contributed by atoms with Crippen molar-refractivity contribution in [3.8, 4) is 6.07 Å². The van der Waals surface area contributed by atoms with Crippen molar-refractivity contribution >= 4 is 0 Å². The van der Waals surface area contributed by atoms with Crippen molar-refractivity contribution in [3.63, 3.8) is 0 Å². The molecule has 0 aliphatic heterocycles. The summed E-state index contributed by atoms with van der Waals surface area (Å²) in [5, 5.41) is 8.86. The first kappa shape index (κ1) is 11.6. The van der Waals surface area contributed by atoms with Gasteiger partial charge in [0.05, 0.1) is 0 Å². The van der Waals surface area contributed by atoms with Gasteiger partial charge in [0.25, 0.3) is 0 Å². The molecular formula is C11H16N4. The van der Waals surface area contributed by atoms with Crippen molar-refractivity contribution in [2.24, 2.45) is 5.73 Å². The minimum absolute atomic E-state index is 0.511. The van der Waals surface area contributed by atoms with Gasteiger partial charge in [-0.2, -0.15) is 5.26 Å². The molecule has 1 aromatic rings. The maximum atomic E-state index is 8.86. The van der Waals surface area contributed by atoms with Crippen molar-refractivity contribution in [3.05, 3.63) is 29.6 Å². The van der Waals surface area contributed by atoms with E-state index >= 15 is 0 Å². The van der Waals surface area contributed by atoms with Gasteiger partial charge >= 0.3 is 0 Å². The van der Waals surface area contributed by atoms with Gasteiger partial charge in [-0.05, 0) is 32.6 Å². The monoisotopic (exact) mass is 204 g/mol. The molecule has 1 aromatic heterocycles. The molecular weight excluding hydrogens is 188 g/mol. The number of nitrogens with zero attached hydrogens (tertiary/aromatic N) is 3. The van der Waals surface area contributed by atoms with Gasteiger partial charge in [0.2, 0.25) is 0 Å². The number of rotatable bonds is 5. The molecule has 0 bridgehead atoms. The van der Waals surface area contributed by atoms with E-state index in [-0.39, 0.29) is 0 Å². The van der Waals surface area contributed by atoms with E-state index in [1.54, 1.807) is 6.20 Å². The number of aromatic nitrogens is 1. The maximum absolute atomic E-state index is 8.86. The molecule has 4 nitrogen and oxygen atoms in total. The Morgan fingerprint density at radius 1 is 1.60 bits per heavy atom. The van der Waals surface area contributed by atoms with Crippen molar-refractivity contribution in [1.29, 1.82) is 5.26 Å². The van der Waals surface area contributed by atoms with Crippen molar-refractivity contribution in [2.75, 3.05) is 20.1 Å². The van der Waals surface area contributed by atoms with Crippen LogP contribution in [-0.2, 0) is 6.54 Å². The number of hydrogen-bond acceptors (Lipinski definition) is 4. The van der Waals surface area contributed by atoms with Crippen LogP contribution in [0.3, 0.4) is 0 Å². The Balaban J connectivity index is 2.60. The van der Waals surface area contributed by atoms with Gasteiger partial charge in [-0.3, -0.25) is 0 Å². The van der Waals surface area contributed by atoms with E-state index < -0.39 is 0 Å². The first-order valence-electron chi connectivity index (χ1n) is 5.00. The lowest BCUT2D eigenvalue weighted by molar-refractivity contribution is 0.323. The van der Waals surface area contributed by atoms with Gasteiger partial charge in [-0.25, -0.2) is 4.98 Å². The van der Waals surface area contributed by atoms with Gasteiger partial charge in [-0.15, -0.1) is 0 Å². The molecule has 0 aliphatic rings. The Labute approximate surface area is 90.3 Å². The number of pyridine rings is 1. The highest BCUT2D eigenvalue weighted by Crippen LogP contribution is 2.06. The van der Waals surface area contributed by atoms with Crippen LogP contribution in [0.25, 0.3) is 0 Å². The van der Waals surface area contributed by atoms with Crippen molar-refractivity contribution in [1.82, 2.24) is 9.88 Å². The average Bonchev–Trinajstić information content (AvgIpc) is 2.27. The second-order valence-corrected chi connectivity index (χ2v) is 3.50. The molecule has 2 N–H and O–H groups in total. The third-order valence-corrected chi connectivity index (χ3v) is 2.18. The second kappa shape index (κ2) is 6.12. The van der Waals surface area contributed by atoms with Gasteiger partial charge < -0.3 is 10.6 Å².